The molecule has 0 N–H and O–H groups in total. The Morgan fingerprint density at radius 2 is 1.82 bits per heavy atom. The molecule has 1 aromatic rings. The van der Waals surface area contributed by atoms with E-state index in [1.165, 1.54) is 12.1 Å². The van der Waals surface area contributed by atoms with Crippen LogP contribution in [0.1, 0.15) is 18.4 Å². The Morgan fingerprint density at radius 3 is 2.32 bits per heavy atom. The smallest absolute Gasteiger partial charge is 0.371 e. The van der Waals surface area contributed by atoms with Gasteiger partial charge in [-0.1, -0.05) is 0 Å². The number of halogens is 4. The lowest BCUT2D eigenvalue weighted by Gasteiger charge is -2.38. The van der Waals surface area contributed by atoms with Gasteiger partial charge in [-0.3, -0.25) is 4.79 Å². The van der Waals surface area contributed by atoms with E-state index in [0.29, 0.717) is 18.5 Å². The fraction of sp³-hybridized carbons (Fsp3) is 0.533. The maximum atomic E-state index is 13.5. The lowest BCUT2D eigenvalue weighted by molar-refractivity contribution is -0.186. The van der Waals surface area contributed by atoms with Crippen molar-refractivity contribution in [2.24, 2.45) is 0 Å². The zero-order chi connectivity index (χ0) is 16.5. The summed E-state index contributed by atoms with van der Waals surface area (Å²) < 4.78 is 50.6. The first kappa shape index (κ1) is 16.6. The van der Waals surface area contributed by atoms with Gasteiger partial charge in [-0.05, 0) is 43.5 Å². The summed E-state index contributed by atoms with van der Waals surface area (Å²) >= 11 is 0. The molecule has 0 spiro atoms. The molecule has 0 saturated carbocycles. The van der Waals surface area contributed by atoms with Crippen LogP contribution in [0.3, 0.4) is 0 Å². The summed E-state index contributed by atoms with van der Waals surface area (Å²) in [5.41, 5.74) is 1.48. The fourth-order valence-electron chi connectivity index (χ4n) is 2.77. The van der Waals surface area contributed by atoms with Crippen LogP contribution >= 0.6 is 0 Å². The largest absolute Gasteiger partial charge is 0.471 e. The zero-order valence-corrected chi connectivity index (χ0v) is 12.5. The molecular weight excluding hydrogens is 300 g/mol. The summed E-state index contributed by atoms with van der Waals surface area (Å²) in [4.78, 5) is 13.9. The second-order valence-electron chi connectivity index (χ2n) is 5.62. The lowest BCUT2D eigenvalue weighted by Crippen LogP contribution is -2.49. The van der Waals surface area contributed by atoms with Crippen molar-refractivity contribution in [2.75, 3.05) is 25.0 Å². The molecule has 7 heteroatoms. The van der Waals surface area contributed by atoms with Crippen molar-refractivity contribution in [2.45, 2.75) is 32.0 Å². The number of aryl methyl sites for hydroxylation is 1. The highest BCUT2D eigenvalue weighted by molar-refractivity contribution is 5.81. The number of amides is 1. The van der Waals surface area contributed by atoms with Crippen LogP contribution in [0.2, 0.25) is 0 Å². The van der Waals surface area contributed by atoms with Gasteiger partial charge in [0.2, 0.25) is 0 Å². The summed E-state index contributed by atoms with van der Waals surface area (Å²) in [5, 5.41) is 0. The summed E-state index contributed by atoms with van der Waals surface area (Å²) in [6.07, 6.45) is -3.97. The van der Waals surface area contributed by atoms with Crippen molar-refractivity contribution in [1.82, 2.24) is 4.90 Å². The first-order valence-corrected chi connectivity index (χ1v) is 7.04. The Labute approximate surface area is 126 Å². The van der Waals surface area contributed by atoms with Crippen LogP contribution in [0.15, 0.2) is 18.2 Å². The number of rotatable bonds is 2. The minimum absolute atomic E-state index is 0.0153. The van der Waals surface area contributed by atoms with E-state index >= 15 is 0 Å². The number of carbonyl (C=O) groups is 1. The number of nitrogens with zero attached hydrogens (tertiary/aromatic N) is 2. The highest BCUT2D eigenvalue weighted by atomic mass is 19.4. The van der Waals surface area contributed by atoms with Crippen LogP contribution in [0, 0.1) is 12.7 Å². The Morgan fingerprint density at radius 1 is 1.23 bits per heavy atom. The Kier molecular flexibility index (Phi) is 4.63. The maximum absolute atomic E-state index is 13.5. The second-order valence-corrected chi connectivity index (χ2v) is 5.62. The molecule has 0 aliphatic carbocycles. The molecule has 1 amide bonds. The van der Waals surface area contributed by atoms with Crippen LogP contribution in [-0.2, 0) is 4.79 Å². The summed E-state index contributed by atoms with van der Waals surface area (Å²) in [6, 6.07) is 4.64. The van der Waals surface area contributed by atoms with Crippen molar-refractivity contribution >= 4 is 11.6 Å². The number of likely N-dealkylation sites (tertiary alicyclic amines) is 1. The van der Waals surface area contributed by atoms with E-state index in [2.05, 4.69) is 0 Å². The van der Waals surface area contributed by atoms with E-state index in [4.69, 9.17) is 0 Å². The van der Waals surface area contributed by atoms with Crippen molar-refractivity contribution in [3.05, 3.63) is 29.6 Å². The number of carbonyl (C=O) groups excluding carboxylic acids is 1. The van der Waals surface area contributed by atoms with Gasteiger partial charge in [-0.2, -0.15) is 13.2 Å². The molecule has 1 heterocycles. The molecule has 1 aliphatic heterocycles. The van der Waals surface area contributed by atoms with Crippen molar-refractivity contribution in [3.63, 3.8) is 0 Å². The van der Waals surface area contributed by atoms with Gasteiger partial charge in [-0.25, -0.2) is 4.39 Å². The second kappa shape index (κ2) is 6.14. The molecule has 2 rings (SSSR count). The molecule has 0 bridgehead atoms. The first-order chi connectivity index (χ1) is 10.2. The molecule has 1 saturated heterocycles. The highest BCUT2D eigenvalue weighted by Crippen LogP contribution is 2.26. The Bertz CT molecular complexity index is 531. The molecule has 122 valence electrons. The van der Waals surface area contributed by atoms with Crippen LogP contribution in [0.25, 0.3) is 0 Å². The minimum Gasteiger partial charge on any atom is -0.371 e. The van der Waals surface area contributed by atoms with Gasteiger partial charge in [-0.15, -0.1) is 0 Å². The summed E-state index contributed by atoms with van der Waals surface area (Å²) in [5.74, 6) is -2.12. The summed E-state index contributed by atoms with van der Waals surface area (Å²) in [6.45, 7) is 1.90. The predicted molar refractivity (Wildman–Crippen MR) is 75.2 cm³/mol. The van der Waals surface area contributed by atoms with E-state index in [0.717, 1.165) is 10.5 Å². The van der Waals surface area contributed by atoms with Gasteiger partial charge in [0, 0.05) is 31.9 Å². The van der Waals surface area contributed by atoms with E-state index in [9.17, 15) is 22.4 Å². The third-order valence-electron chi connectivity index (χ3n) is 3.98. The third kappa shape index (κ3) is 3.69. The van der Waals surface area contributed by atoms with E-state index < -0.39 is 12.1 Å². The van der Waals surface area contributed by atoms with Gasteiger partial charge in [0.1, 0.15) is 5.82 Å². The van der Waals surface area contributed by atoms with Gasteiger partial charge in [0.15, 0.2) is 0 Å². The molecule has 0 unspecified atom stereocenters. The number of piperidine rings is 1. The fourth-order valence-corrected chi connectivity index (χ4v) is 2.77. The number of hydrogen-bond donors (Lipinski definition) is 0. The molecule has 3 nitrogen and oxygen atoms in total. The average Bonchev–Trinajstić information content (AvgIpc) is 2.44. The molecule has 0 radical (unpaired) electrons. The number of anilines is 1. The molecule has 1 fully saturated rings. The SMILES string of the molecule is Cc1cc(F)cc(N(C)C2CCN(C(=O)C(F)(F)F)CC2)c1. The Hall–Kier alpha value is -1.79. The topological polar surface area (TPSA) is 23.6 Å². The molecular formula is C15H18F4N2O. The predicted octanol–water partition coefficient (Wildman–Crippen LogP) is 3.12. The van der Waals surface area contributed by atoms with Gasteiger partial charge < -0.3 is 9.80 Å². The van der Waals surface area contributed by atoms with Crippen molar-refractivity contribution in [1.29, 1.82) is 0 Å². The van der Waals surface area contributed by atoms with Crippen LogP contribution in [-0.4, -0.2) is 43.2 Å². The maximum Gasteiger partial charge on any atom is 0.471 e. The quantitative estimate of drug-likeness (QED) is 0.782. The molecule has 1 aliphatic rings. The Balaban J connectivity index is 2.00. The van der Waals surface area contributed by atoms with E-state index in [-0.39, 0.29) is 24.9 Å². The summed E-state index contributed by atoms with van der Waals surface area (Å²) in [7, 11) is 1.79. The number of benzene rings is 1. The monoisotopic (exact) mass is 318 g/mol. The molecule has 22 heavy (non-hydrogen) atoms. The van der Waals surface area contributed by atoms with Gasteiger partial charge in [0.25, 0.3) is 0 Å². The third-order valence-corrected chi connectivity index (χ3v) is 3.98. The van der Waals surface area contributed by atoms with Gasteiger partial charge >= 0.3 is 12.1 Å². The number of hydrogen-bond acceptors (Lipinski definition) is 2. The van der Waals surface area contributed by atoms with Crippen molar-refractivity contribution in [3.8, 4) is 0 Å². The molecule has 1 aromatic carbocycles. The van der Waals surface area contributed by atoms with Gasteiger partial charge in [0.05, 0.1) is 0 Å². The van der Waals surface area contributed by atoms with Crippen LogP contribution in [0.4, 0.5) is 23.2 Å². The van der Waals surface area contributed by atoms with E-state index in [1.807, 2.05) is 11.0 Å². The standard InChI is InChI=1S/C15H18F4N2O/c1-10-7-11(16)9-13(8-10)20(2)12-3-5-21(6-4-12)14(22)15(17,18)19/h7-9,12H,3-6H2,1-2H3. The van der Waals surface area contributed by atoms with Crippen molar-refractivity contribution < 1.29 is 22.4 Å². The van der Waals surface area contributed by atoms with Crippen LogP contribution < -0.4 is 4.90 Å². The van der Waals surface area contributed by atoms with E-state index in [1.54, 1.807) is 14.0 Å². The first-order valence-electron chi connectivity index (χ1n) is 7.04. The molecule has 0 aromatic heterocycles. The zero-order valence-electron chi connectivity index (χ0n) is 12.5. The number of alkyl halides is 3. The minimum atomic E-state index is -4.82. The highest BCUT2D eigenvalue weighted by Gasteiger charge is 2.43. The normalized spacial score (nSPS) is 16.7. The lowest BCUT2D eigenvalue weighted by atomic mass is 10.0. The molecule has 0 atom stereocenters. The van der Waals surface area contributed by atoms with Crippen LogP contribution in [0.5, 0.6) is 0 Å². The average molecular weight is 318 g/mol.